The maximum absolute atomic E-state index is 6.54. The molecule has 5 aliphatic rings. The van der Waals surface area contributed by atoms with E-state index in [1.807, 2.05) is 0 Å². The van der Waals surface area contributed by atoms with Crippen LogP contribution in [0.2, 0.25) is 0 Å². The molecule has 2 heterocycles. The molecule has 5 fully saturated rings. The van der Waals surface area contributed by atoms with Crippen LogP contribution in [0.25, 0.3) is 0 Å². The molecule has 3 unspecified atom stereocenters. The molecule has 5 heteroatoms. The molecule has 0 aromatic rings. The van der Waals surface area contributed by atoms with Crippen LogP contribution in [-0.4, -0.2) is 30.8 Å². The first-order valence-electron chi connectivity index (χ1n) is 7.58. The van der Waals surface area contributed by atoms with Crippen molar-refractivity contribution in [3.8, 4) is 0 Å². The number of fused-ring (bicyclic) bond motifs is 1. The Morgan fingerprint density at radius 1 is 1.16 bits per heavy atom. The Bertz CT molecular complexity index is 388. The molecule has 0 aromatic heterocycles. The molecule has 19 heavy (non-hydrogen) atoms. The summed E-state index contributed by atoms with van der Waals surface area (Å²) in [5.41, 5.74) is 0.214. The van der Waals surface area contributed by atoms with E-state index in [1.54, 1.807) is 0 Å². The molecule has 0 amide bonds. The van der Waals surface area contributed by atoms with E-state index in [0.717, 1.165) is 12.5 Å². The molecule has 1 N–H and O–H groups in total. The smallest absolute Gasteiger partial charge is 0.402 e. The third kappa shape index (κ3) is 1.52. The SMILES string of the molecule is CC12CCC3CC1(OB([C@@H]1CCCN1)O2)C3(C)C.Cl. The quantitative estimate of drug-likeness (QED) is 0.751. The van der Waals surface area contributed by atoms with Gasteiger partial charge in [-0.2, -0.15) is 0 Å². The minimum Gasteiger partial charge on any atom is -0.402 e. The van der Waals surface area contributed by atoms with Crippen LogP contribution in [0.1, 0.15) is 52.9 Å². The van der Waals surface area contributed by atoms with Gasteiger partial charge >= 0.3 is 7.12 Å². The fraction of sp³-hybridized carbons (Fsp3) is 1.00. The normalized spacial score (nSPS) is 50.4. The number of rotatable bonds is 1. The fourth-order valence-electron chi connectivity index (χ4n) is 5.14. The fourth-order valence-corrected chi connectivity index (χ4v) is 5.14. The molecule has 0 radical (unpaired) electrons. The van der Waals surface area contributed by atoms with Crippen LogP contribution in [0.4, 0.5) is 0 Å². The summed E-state index contributed by atoms with van der Waals surface area (Å²) >= 11 is 0. The Balaban J connectivity index is 0.00000110. The molecule has 5 rings (SSSR count). The molecule has 3 nitrogen and oxygen atoms in total. The van der Waals surface area contributed by atoms with Crippen molar-refractivity contribution in [1.82, 2.24) is 5.32 Å². The van der Waals surface area contributed by atoms with Gasteiger partial charge in [0.1, 0.15) is 0 Å². The highest BCUT2D eigenvalue weighted by Crippen LogP contribution is 2.70. The Morgan fingerprint density at radius 3 is 2.53 bits per heavy atom. The summed E-state index contributed by atoms with van der Waals surface area (Å²) in [4.78, 5) is 0. The van der Waals surface area contributed by atoms with Crippen LogP contribution in [0, 0.1) is 11.3 Å². The highest BCUT2D eigenvalue weighted by molar-refractivity contribution is 6.47. The second kappa shape index (κ2) is 4.13. The lowest BCUT2D eigenvalue weighted by atomic mass is 9.41. The van der Waals surface area contributed by atoms with E-state index in [2.05, 4.69) is 26.1 Å². The van der Waals surface area contributed by atoms with Crippen molar-refractivity contribution >= 4 is 19.5 Å². The van der Waals surface area contributed by atoms with E-state index >= 15 is 0 Å². The minimum atomic E-state index is -0.0554. The molecular weight excluding hydrogens is 260 g/mol. The van der Waals surface area contributed by atoms with Gasteiger partial charge in [-0.15, -0.1) is 12.4 Å². The average molecular weight is 286 g/mol. The first kappa shape index (κ1) is 14.2. The summed E-state index contributed by atoms with van der Waals surface area (Å²) < 4.78 is 13.0. The molecular formula is C14H25BClNO2. The van der Waals surface area contributed by atoms with Crippen molar-refractivity contribution < 1.29 is 9.31 Å². The van der Waals surface area contributed by atoms with E-state index in [4.69, 9.17) is 9.31 Å². The first-order chi connectivity index (χ1) is 8.49. The monoisotopic (exact) mass is 285 g/mol. The van der Waals surface area contributed by atoms with Gasteiger partial charge in [0, 0.05) is 5.94 Å². The maximum atomic E-state index is 6.54. The second-order valence-corrected chi connectivity index (χ2v) is 7.53. The summed E-state index contributed by atoms with van der Waals surface area (Å²) in [5, 5.41) is 3.54. The summed E-state index contributed by atoms with van der Waals surface area (Å²) in [7, 11) is -0.0178. The minimum absolute atomic E-state index is 0. The van der Waals surface area contributed by atoms with Gasteiger partial charge < -0.3 is 14.6 Å². The van der Waals surface area contributed by atoms with Crippen molar-refractivity contribution in [2.75, 3.05) is 6.54 Å². The van der Waals surface area contributed by atoms with Crippen LogP contribution >= 0.6 is 12.4 Å². The third-order valence-electron chi connectivity index (χ3n) is 6.54. The van der Waals surface area contributed by atoms with Crippen LogP contribution in [0.5, 0.6) is 0 Å². The van der Waals surface area contributed by atoms with Crippen molar-refractivity contribution in [3.05, 3.63) is 0 Å². The van der Waals surface area contributed by atoms with Gasteiger partial charge in [-0.25, -0.2) is 0 Å². The van der Waals surface area contributed by atoms with Gasteiger partial charge in [-0.1, -0.05) is 13.8 Å². The lowest BCUT2D eigenvalue weighted by molar-refractivity contribution is -0.257. The van der Waals surface area contributed by atoms with Gasteiger partial charge in [0.2, 0.25) is 0 Å². The number of hydrogen-bond acceptors (Lipinski definition) is 3. The third-order valence-corrected chi connectivity index (χ3v) is 6.54. The van der Waals surface area contributed by atoms with Crippen LogP contribution in [-0.2, 0) is 9.31 Å². The molecule has 2 aliphatic heterocycles. The van der Waals surface area contributed by atoms with Gasteiger partial charge in [0.25, 0.3) is 0 Å². The maximum Gasteiger partial charge on any atom is 0.476 e. The molecule has 2 bridgehead atoms. The van der Waals surface area contributed by atoms with E-state index in [-0.39, 0.29) is 36.1 Å². The highest BCUT2D eigenvalue weighted by atomic mass is 35.5. The summed E-state index contributed by atoms with van der Waals surface area (Å²) in [6.07, 6.45) is 6.13. The van der Waals surface area contributed by atoms with E-state index in [0.29, 0.717) is 5.94 Å². The zero-order valence-corrected chi connectivity index (χ0v) is 13.0. The summed E-state index contributed by atoms with van der Waals surface area (Å²) in [6.45, 7) is 8.17. The molecule has 0 aromatic carbocycles. The lowest BCUT2D eigenvalue weighted by Crippen LogP contribution is -2.73. The Morgan fingerprint density at radius 2 is 1.95 bits per heavy atom. The van der Waals surface area contributed by atoms with E-state index in [1.165, 1.54) is 32.1 Å². The van der Waals surface area contributed by atoms with E-state index < -0.39 is 0 Å². The van der Waals surface area contributed by atoms with Gasteiger partial charge in [-0.3, -0.25) is 0 Å². The molecule has 3 saturated carbocycles. The molecule has 4 atom stereocenters. The largest absolute Gasteiger partial charge is 0.476 e. The molecule has 108 valence electrons. The van der Waals surface area contributed by atoms with Gasteiger partial charge in [0.15, 0.2) is 0 Å². The van der Waals surface area contributed by atoms with Crippen molar-refractivity contribution in [2.24, 2.45) is 11.3 Å². The summed E-state index contributed by atoms with van der Waals surface area (Å²) in [5.74, 6) is 1.25. The first-order valence-corrected chi connectivity index (χ1v) is 7.58. The number of hydrogen-bond donors (Lipinski definition) is 1. The highest BCUT2D eigenvalue weighted by Gasteiger charge is 2.76. The van der Waals surface area contributed by atoms with Crippen molar-refractivity contribution in [1.29, 1.82) is 0 Å². The van der Waals surface area contributed by atoms with Crippen molar-refractivity contribution in [3.63, 3.8) is 0 Å². The second-order valence-electron chi connectivity index (χ2n) is 7.53. The van der Waals surface area contributed by atoms with Crippen LogP contribution in [0.15, 0.2) is 0 Å². The zero-order chi connectivity index (χ0) is 12.6. The van der Waals surface area contributed by atoms with Crippen molar-refractivity contribution in [2.45, 2.75) is 70.0 Å². The molecule has 2 saturated heterocycles. The van der Waals surface area contributed by atoms with Gasteiger partial charge in [0.05, 0.1) is 11.2 Å². The zero-order valence-electron chi connectivity index (χ0n) is 12.2. The van der Waals surface area contributed by atoms with Crippen LogP contribution in [0.3, 0.4) is 0 Å². The van der Waals surface area contributed by atoms with Crippen LogP contribution < -0.4 is 5.32 Å². The van der Waals surface area contributed by atoms with E-state index in [9.17, 15) is 0 Å². The predicted octanol–water partition coefficient (Wildman–Crippen LogP) is 2.57. The summed E-state index contributed by atoms with van der Waals surface area (Å²) in [6, 6.07) is 0. The number of nitrogens with one attached hydrogen (secondary N) is 1. The Labute approximate surface area is 122 Å². The Hall–Kier alpha value is 0.235. The molecule has 1 spiro atoms. The lowest BCUT2D eigenvalue weighted by Gasteiger charge is -2.69. The molecule has 3 aliphatic carbocycles. The van der Waals surface area contributed by atoms with Gasteiger partial charge in [-0.05, 0) is 56.9 Å². The predicted molar refractivity (Wildman–Crippen MR) is 78.5 cm³/mol. The standard InChI is InChI=1S/C14H24BNO2.ClH/c1-12(2)10-6-7-13(3)14(12,9-10)18-15(17-13)11-5-4-8-16-11;/h10-11,16H,4-9H2,1-3H3;1H/t10?,11-,13?,14?;/m0./s1. The average Bonchev–Trinajstić information content (AvgIpc) is 2.92. The Kier molecular flexibility index (Phi) is 3.08. The topological polar surface area (TPSA) is 30.5 Å². The number of halogens is 1.